The van der Waals surface area contributed by atoms with Gasteiger partial charge in [0, 0.05) is 42.6 Å². The molecule has 4 amide bonds. The zero-order valence-corrected chi connectivity index (χ0v) is 15.8. The van der Waals surface area contributed by atoms with Crippen LogP contribution in [0.2, 0.25) is 0 Å². The number of likely N-dealkylation sites (tertiary alicyclic amines) is 1. The van der Waals surface area contributed by atoms with Crippen LogP contribution in [0.4, 0.5) is 5.69 Å². The van der Waals surface area contributed by atoms with E-state index >= 15 is 0 Å². The summed E-state index contributed by atoms with van der Waals surface area (Å²) in [6.45, 7) is 1.14. The van der Waals surface area contributed by atoms with Crippen LogP contribution in [0, 0.1) is 5.92 Å². The number of halogens is 1. The maximum absolute atomic E-state index is 12.5. The maximum atomic E-state index is 12.5. The van der Waals surface area contributed by atoms with Crippen LogP contribution in [0.5, 0.6) is 0 Å². The third kappa shape index (κ3) is 3.95. The lowest BCUT2D eigenvalue weighted by atomic mass is 10.1. The number of anilines is 1. The van der Waals surface area contributed by atoms with E-state index in [4.69, 9.17) is 0 Å². The lowest BCUT2D eigenvalue weighted by Gasteiger charge is -2.17. The first-order chi connectivity index (χ1) is 12.5. The number of carbonyl (C=O) groups is 4. The molecular weight excluding hydrogens is 402 g/mol. The van der Waals surface area contributed by atoms with Crippen LogP contribution in [0.15, 0.2) is 28.7 Å². The van der Waals surface area contributed by atoms with E-state index in [1.54, 1.807) is 4.90 Å². The molecule has 0 bridgehead atoms. The molecule has 3 rings (SSSR count). The van der Waals surface area contributed by atoms with Gasteiger partial charge < -0.3 is 10.2 Å². The van der Waals surface area contributed by atoms with Crippen molar-refractivity contribution in [3.8, 4) is 0 Å². The Morgan fingerprint density at radius 3 is 2.62 bits per heavy atom. The van der Waals surface area contributed by atoms with Crippen molar-refractivity contribution >= 4 is 45.2 Å². The number of hydrogen-bond acceptors (Lipinski definition) is 4. The lowest BCUT2D eigenvalue weighted by molar-refractivity contribution is -0.138. The number of imide groups is 1. The molecule has 0 saturated carbocycles. The Hall–Kier alpha value is -2.22. The molecule has 2 heterocycles. The van der Waals surface area contributed by atoms with E-state index in [0.29, 0.717) is 32.5 Å². The Bertz CT molecular complexity index is 736. The fourth-order valence-corrected chi connectivity index (χ4v) is 3.65. The average Bonchev–Trinajstić information content (AvgIpc) is 3.15. The first kappa shape index (κ1) is 18.6. The molecule has 1 unspecified atom stereocenters. The third-order valence-electron chi connectivity index (χ3n) is 4.65. The second-order valence-electron chi connectivity index (χ2n) is 6.39. The monoisotopic (exact) mass is 421 g/mol. The van der Waals surface area contributed by atoms with Crippen molar-refractivity contribution in [2.45, 2.75) is 25.7 Å². The normalized spacial score (nSPS) is 20.2. The van der Waals surface area contributed by atoms with E-state index in [2.05, 4.69) is 21.2 Å². The minimum absolute atomic E-state index is 0.156. The van der Waals surface area contributed by atoms with Gasteiger partial charge in [-0.3, -0.25) is 24.1 Å². The zero-order valence-electron chi connectivity index (χ0n) is 14.2. The van der Waals surface area contributed by atoms with Gasteiger partial charge in [-0.05, 0) is 31.0 Å². The predicted octanol–water partition coefficient (Wildman–Crippen LogP) is 1.46. The van der Waals surface area contributed by atoms with Gasteiger partial charge >= 0.3 is 0 Å². The van der Waals surface area contributed by atoms with Gasteiger partial charge in [-0.1, -0.05) is 22.0 Å². The summed E-state index contributed by atoms with van der Waals surface area (Å²) in [5.41, 5.74) is 0.769. The quantitative estimate of drug-likeness (QED) is 0.427. The minimum Gasteiger partial charge on any atom is -0.355 e. The van der Waals surface area contributed by atoms with Gasteiger partial charge in [0.2, 0.25) is 23.6 Å². The van der Waals surface area contributed by atoms with E-state index < -0.39 is 5.92 Å². The number of amides is 4. The highest BCUT2D eigenvalue weighted by molar-refractivity contribution is 9.10. The summed E-state index contributed by atoms with van der Waals surface area (Å²) in [5, 5.41) is 2.75. The standard InChI is InChI=1S/C18H20BrN3O4/c19-12-3-1-4-13(11-12)21-10-7-14(18(21)26)17(25)20-8-2-9-22-15(23)5-6-16(22)24/h1,3-4,11,14H,2,5-10H2,(H,20,25). The van der Waals surface area contributed by atoms with Crippen LogP contribution in [0.3, 0.4) is 0 Å². The largest absolute Gasteiger partial charge is 0.355 e. The highest BCUT2D eigenvalue weighted by Gasteiger charge is 2.37. The molecule has 1 aromatic rings. The Morgan fingerprint density at radius 1 is 1.19 bits per heavy atom. The molecule has 26 heavy (non-hydrogen) atoms. The van der Waals surface area contributed by atoms with Crippen LogP contribution < -0.4 is 10.2 Å². The Balaban J connectivity index is 1.47. The molecule has 7 nitrogen and oxygen atoms in total. The summed E-state index contributed by atoms with van der Waals surface area (Å²) in [4.78, 5) is 50.8. The van der Waals surface area contributed by atoms with Crippen molar-refractivity contribution in [1.82, 2.24) is 10.2 Å². The van der Waals surface area contributed by atoms with E-state index in [0.717, 1.165) is 10.2 Å². The maximum Gasteiger partial charge on any atom is 0.239 e. The zero-order chi connectivity index (χ0) is 18.7. The number of hydrogen-bond donors (Lipinski definition) is 1. The second kappa shape index (κ2) is 7.99. The summed E-state index contributed by atoms with van der Waals surface area (Å²) in [6.07, 6.45) is 1.50. The van der Waals surface area contributed by atoms with Crippen molar-refractivity contribution in [2.24, 2.45) is 5.92 Å². The highest BCUT2D eigenvalue weighted by Crippen LogP contribution is 2.27. The summed E-state index contributed by atoms with van der Waals surface area (Å²) < 4.78 is 0.877. The van der Waals surface area contributed by atoms with E-state index in [1.165, 1.54) is 4.90 Å². The molecule has 138 valence electrons. The SMILES string of the molecule is O=C(NCCCN1C(=O)CCC1=O)C1CCN(c2cccc(Br)c2)C1=O. The van der Waals surface area contributed by atoms with Gasteiger partial charge in [-0.2, -0.15) is 0 Å². The summed E-state index contributed by atoms with van der Waals surface area (Å²) in [5.74, 6) is -1.50. The molecule has 8 heteroatoms. The summed E-state index contributed by atoms with van der Waals surface area (Å²) in [7, 11) is 0. The van der Waals surface area contributed by atoms with E-state index in [1.807, 2.05) is 24.3 Å². The van der Waals surface area contributed by atoms with Gasteiger partial charge in [0.25, 0.3) is 0 Å². The molecule has 1 N–H and O–H groups in total. The topological polar surface area (TPSA) is 86.8 Å². The number of nitrogens with zero attached hydrogens (tertiary/aromatic N) is 2. The fourth-order valence-electron chi connectivity index (χ4n) is 3.27. The molecule has 2 saturated heterocycles. The molecular formula is C18H20BrN3O4. The van der Waals surface area contributed by atoms with Crippen LogP contribution in [-0.4, -0.2) is 48.2 Å². The van der Waals surface area contributed by atoms with Crippen LogP contribution in [-0.2, 0) is 19.2 Å². The molecule has 0 radical (unpaired) electrons. The summed E-state index contributed by atoms with van der Waals surface area (Å²) in [6, 6.07) is 7.42. The molecule has 0 aromatic heterocycles. The van der Waals surface area contributed by atoms with Crippen molar-refractivity contribution in [1.29, 1.82) is 0 Å². The van der Waals surface area contributed by atoms with Gasteiger partial charge in [0.15, 0.2) is 0 Å². The lowest BCUT2D eigenvalue weighted by Crippen LogP contribution is -2.38. The average molecular weight is 422 g/mol. The van der Waals surface area contributed by atoms with Crippen LogP contribution in [0.25, 0.3) is 0 Å². The fraction of sp³-hybridized carbons (Fsp3) is 0.444. The molecule has 0 aliphatic carbocycles. The molecule has 1 atom stereocenters. The first-order valence-corrected chi connectivity index (χ1v) is 9.44. The molecule has 1 aromatic carbocycles. The highest BCUT2D eigenvalue weighted by atomic mass is 79.9. The Labute approximate surface area is 159 Å². The Morgan fingerprint density at radius 2 is 1.92 bits per heavy atom. The molecule has 2 aliphatic heterocycles. The van der Waals surface area contributed by atoms with Crippen LogP contribution >= 0.6 is 15.9 Å². The molecule has 0 spiro atoms. The predicted molar refractivity (Wildman–Crippen MR) is 98.2 cm³/mol. The van der Waals surface area contributed by atoms with E-state index in [-0.39, 0.29) is 36.5 Å². The van der Waals surface area contributed by atoms with Gasteiger partial charge in [-0.15, -0.1) is 0 Å². The van der Waals surface area contributed by atoms with E-state index in [9.17, 15) is 19.2 Å². The molecule has 2 aliphatic rings. The summed E-state index contributed by atoms with van der Waals surface area (Å²) >= 11 is 3.38. The van der Waals surface area contributed by atoms with Gasteiger partial charge in [0.05, 0.1) is 0 Å². The third-order valence-corrected chi connectivity index (χ3v) is 5.15. The van der Waals surface area contributed by atoms with Crippen molar-refractivity contribution in [3.63, 3.8) is 0 Å². The number of benzene rings is 1. The van der Waals surface area contributed by atoms with Gasteiger partial charge in [0.1, 0.15) is 5.92 Å². The minimum atomic E-state index is -0.691. The van der Waals surface area contributed by atoms with Gasteiger partial charge in [-0.25, -0.2) is 0 Å². The molecule has 2 fully saturated rings. The van der Waals surface area contributed by atoms with Crippen LogP contribution in [0.1, 0.15) is 25.7 Å². The van der Waals surface area contributed by atoms with Crippen molar-refractivity contribution < 1.29 is 19.2 Å². The van der Waals surface area contributed by atoms with Crippen molar-refractivity contribution in [3.05, 3.63) is 28.7 Å². The Kier molecular flexibility index (Phi) is 5.70. The number of rotatable bonds is 6. The first-order valence-electron chi connectivity index (χ1n) is 8.65. The second-order valence-corrected chi connectivity index (χ2v) is 7.31. The number of nitrogens with one attached hydrogen (secondary N) is 1. The smallest absolute Gasteiger partial charge is 0.239 e. The van der Waals surface area contributed by atoms with Crippen molar-refractivity contribution in [2.75, 3.05) is 24.5 Å². The number of carbonyl (C=O) groups excluding carboxylic acids is 4.